The SMILES string of the molecule is C=CC(=O)Nc1cc(Nc2ncc3ccc(-c4cnc5c(ccn5C)c4)n3n2)c(OC)cc1N1CCN(C)CC1. The number of hydrogen-bond acceptors (Lipinski definition) is 8. The van der Waals surface area contributed by atoms with Gasteiger partial charge in [-0.3, -0.25) is 4.79 Å². The maximum Gasteiger partial charge on any atom is 0.247 e. The van der Waals surface area contributed by atoms with Gasteiger partial charge in [0, 0.05) is 62.6 Å². The summed E-state index contributed by atoms with van der Waals surface area (Å²) in [6, 6.07) is 11.9. The van der Waals surface area contributed by atoms with Crippen LogP contribution in [0.3, 0.4) is 0 Å². The fourth-order valence-corrected chi connectivity index (χ4v) is 5.02. The maximum atomic E-state index is 12.3. The van der Waals surface area contributed by atoms with Crippen molar-refractivity contribution in [1.82, 2.24) is 29.0 Å². The lowest BCUT2D eigenvalue weighted by Gasteiger charge is -2.35. The minimum absolute atomic E-state index is 0.287. The van der Waals surface area contributed by atoms with E-state index < -0.39 is 0 Å². The summed E-state index contributed by atoms with van der Waals surface area (Å²) in [6.07, 6.45) is 6.88. The van der Waals surface area contributed by atoms with E-state index in [9.17, 15) is 4.79 Å². The molecule has 0 spiro atoms. The predicted octanol–water partition coefficient (Wildman–Crippen LogP) is 3.91. The van der Waals surface area contributed by atoms with Gasteiger partial charge in [-0.2, -0.15) is 0 Å². The first-order chi connectivity index (χ1) is 19.4. The lowest BCUT2D eigenvalue weighted by Crippen LogP contribution is -2.44. The minimum atomic E-state index is -0.287. The van der Waals surface area contributed by atoms with Crippen LogP contribution in [0.2, 0.25) is 0 Å². The van der Waals surface area contributed by atoms with Gasteiger partial charge in [-0.15, -0.1) is 5.10 Å². The molecule has 1 aliphatic heterocycles. The highest BCUT2D eigenvalue weighted by molar-refractivity contribution is 6.02. The number of carbonyl (C=O) groups excluding carboxylic acids is 1. The Morgan fingerprint density at radius 3 is 2.62 bits per heavy atom. The zero-order valence-corrected chi connectivity index (χ0v) is 22.8. The number of anilines is 4. The molecule has 11 nitrogen and oxygen atoms in total. The second kappa shape index (κ2) is 10.3. The van der Waals surface area contributed by atoms with E-state index in [0.717, 1.165) is 59.7 Å². The van der Waals surface area contributed by atoms with Crippen LogP contribution in [0.5, 0.6) is 5.75 Å². The number of pyridine rings is 1. The molecule has 1 aliphatic rings. The number of fused-ring (bicyclic) bond motifs is 2. The maximum absolute atomic E-state index is 12.3. The smallest absolute Gasteiger partial charge is 0.247 e. The van der Waals surface area contributed by atoms with E-state index in [2.05, 4.69) is 50.1 Å². The first-order valence-electron chi connectivity index (χ1n) is 13.1. The van der Waals surface area contributed by atoms with Gasteiger partial charge in [0.1, 0.15) is 11.4 Å². The molecular formula is C29H31N9O2. The molecule has 0 saturated carbocycles. The summed E-state index contributed by atoms with van der Waals surface area (Å²) in [7, 11) is 5.71. The van der Waals surface area contributed by atoms with Crippen molar-refractivity contribution in [3.05, 3.63) is 67.6 Å². The van der Waals surface area contributed by atoms with Crippen LogP contribution in [0, 0.1) is 0 Å². The summed E-state index contributed by atoms with van der Waals surface area (Å²) in [4.78, 5) is 26.0. The first kappa shape index (κ1) is 25.4. The van der Waals surface area contributed by atoms with Gasteiger partial charge in [-0.1, -0.05) is 6.58 Å². The zero-order valence-electron chi connectivity index (χ0n) is 22.8. The minimum Gasteiger partial charge on any atom is -0.494 e. The molecule has 2 N–H and O–H groups in total. The molecule has 11 heteroatoms. The fraction of sp³-hybridized carbons (Fsp3) is 0.241. The molecule has 40 heavy (non-hydrogen) atoms. The van der Waals surface area contributed by atoms with Crippen LogP contribution in [0.4, 0.5) is 23.0 Å². The van der Waals surface area contributed by atoms with Gasteiger partial charge in [0.2, 0.25) is 11.9 Å². The van der Waals surface area contributed by atoms with Crippen molar-refractivity contribution in [2.45, 2.75) is 0 Å². The number of carbonyl (C=O) groups is 1. The number of likely N-dealkylation sites (N-methyl/N-ethyl adjacent to an activating group) is 1. The number of rotatable bonds is 7. The number of benzene rings is 1. The highest BCUT2D eigenvalue weighted by Gasteiger charge is 2.21. The highest BCUT2D eigenvalue weighted by Crippen LogP contribution is 2.38. The number of nitrogens with zero attached hydrogens (tertiary/aromatic N) is 7. The topological polar surface area (TPSA) is 105 Å². The number of aryl methyl sites for hydroxylation is 1. The molecule has 0 bridgehead atoms. The molecule has 5 aromatic rings. The average molecular weight is 538 g/mol. The van der Waals surface area contributed by atoms with Crippen molar-refractivity contribution >= 4 is 45.5 Å². The van der Waals surface area contributed by atoms with E-state index >= 15 is 0 Å². The van der Waals surface area contributed by atoms with Crippen LogP contribution in [0.1, 0.15) is 0 Å². The Bertz CT molecular complexity index is 1730. The Balaban J connectivity index is 1.36. The van der Waals surface area contributed by atoms with E-state index in [1.54, 1.807) is 13.3 Å². The van der Waals surface area contributed by atoms with E-state index in [0.29, 0.717) is 23.1 Å². The second-order valence-electron chi connectivity index (χ2n) is 9.88. The molecule has 0 aliphatic carbocycles. The van der Waals surface area contributed by atoms with Crippen LogP contribution in [-0.2, 0) is 11.8 Å². The lowest BCUT2D eigenvalue weighted by atomic mass is 10.1. The van der Waals surface area contributed by atoms with Crippen molar-refractivity contribution in [2.75, 3.05) is 55.9 Å². The number of aromatic nitrogens is 5. The molecule has 5 heterocycles. The number of hydrogen-bond donors (Lipinski definition) is 2. The van der Waals surface area contributed by atoms with Crippen LogP contribution < -0.4 is 20.3 Å². The van der Waals surface area contributed by atoms with Crippen molar-refractivity contribution in [1.29, 1.82) is 0 Å². The number of ether oxygens (including phenoxy) is 1. The third kappa shape index (κ3) is 4.71. The Labute approximate surface area is 231 Å². The van der Waals surface area contributed by atoms with Crippen LogP contribution in [-0.4, -0.2) is 75.3 Å². The van der Waals surface area contributed by atoms with Gasteiger partial charge in [0.15, 0.2) is 0 Å². The fourth-order valence-electron chi connectivity index (χ4n) is 5.02. The monoisotopic (exact) mass is 537 g/mol. The molecule has 1 fully saturated rings. The van der Waals surface area contributed by atoms with Crippen LogP contribution in [0.15, 0.2) is 67.6 Å². The standard InChI is InChI=1S/C29H31N9O2/c1-5-27(39)32-22-15-23(26(40-4)16-25(22)37-12-10-35(2)11-13-37)33-29-31-18-21-6-7-24(38(21)34-29)20-14-19-8-9-36(3)28(19)30-17-20/h5-9,14-18H,1,10-13H2,2-4H3,(H,32,39)(H,33,34). The Morgan fingerprint density at radius 1 is 1.02 bits per heavy atom. The third-order valence-electron chi connectivity index (χ3n) is 7.25. The highest BCUT2D eigenvalue weighted by atomic mass is 16.5. The van der Waals surface area contributed by atoms with Gasteiger partial charge < -0.3 is 29.7 Å². The zero-order chi connectivity index (χ0) is 27.8. The molecule has 0 unspecified atom stereocenters. The molecule has 1 aromatic carbocycles. The summed E-state index contributed by atoms with van der Waals surface area (Å²) in [5.41, 5.74) is 5.79. The predicted molar refractivity (Wildman–Crippen MR) is 158 cm³/mol. The molecule has 6 rings (SSSR count). The van der Waals surface area contributed by atoms with Crippen molar-refractivity contribution in [2.24, 2.45) is 7.05 Å². The third-order valence-corrected chi connectivity index (χ3v) is 7.25. The van der Waals surface area contributed by atoms with E-state index in [-0.39, 0.29) is 5.91 Å². The average Bonchev–Trinajstić information content (AvgIpc) is 3.56. The molecule has 204 valence electrons. The first-order valence-corrected chi connectivity index (χ1v) is 13.1. The number of nitrogens with one attached hydrogen (secondary N) is 2. The summed E-state index contributed by atoms with van der Waals surface area (Å²) in [5, 5.41) is 12.1. The quantitative estimate of drug-likeness (QED) is 0.301. The summed E-state index contributed by atoms with van der Waals surface area (Å²) in [5.74, 6) is 0.705. The van der Waals surface area contributed by atoms with Crippen LogP contribution in [0.25, 0.3) is 27.8 Å². The Hall–Kier alpha value is -4.90. The number of piperazine rings is 1. The molecular weight excluding hydrogens is 506 g/mol. The van der Waals surface area contributed by atoms with Gasteiger partial charge in [-0.25, -0.2) is 14.5 Å². The molecule has 1 saturated heterocycles. The Morgan fingerprint density at radius 2 is 1.85 bits per heavy atom. The van der Waals surface area contributed by atoms with Crippen molar-refractivity contribution < 1.29 is 9.53 Å². The summed E-state index contributed by atoms with van der Waals surface area (Å²) >= 11 is 0. The van der Waals surface area contributed by atoms with E-state index in [4.69, 9.17) is 9.84 Å². The molecule has 0 radical (unpaired) electrons. The summed E-state index contributed by atoms with van der Waals surface area (Å²) in [6.45, 7) is 7.13. The summed E-state index contributed by atoms with van der Waals surface area (Å²) < 4.78 is 9.59. The molecule has 4 aromatic heterocycles. The van der Waals surface area contributed by atoms with Crippen molar-refractivity contribution in [3.63, 3.8) is 0 Å². The lowest BCUT2D eigenvalue weighted by molar-refractivity contribution is -0.111. The molecule has 1 amide bonds. The van der Waals surface area contributed by atoms with Gasteiger partial charge in [0.05, 0.1) is 41.6 Å². The Kier molecular flexibility index (Phi) is 6.56. The van der Waals surface area contributed by atoms with Gasteiger partial charge >= 0.3 is 0 Å². The van der Waals surface area contributed by atoms with E-state index in [1.807, 2.05) is 58.9 Å². The number of methoxy groups -OCH3 is 1. The normalized spacial score (nSPS) is 14.0. The number of amides is 1. The largest absolute Gasteiger partial charge is 0.494 e. The molecule has 0 atom stereocenters. The second-order valence-corrected chi connectivity index (χ2v) is 9.88. The van der Waals surface area contributed by atoms with Crippen molar-refractivity contribution in [3.8, 4) is 17.0 Å². The van der Waals surface area contributed by atoms with E-state index in [1.165, 1.54) is 6.08 Å². The van der Waals surface area contributed by atoms with Crippen LogP contribution >= 0.6 is 0 Å². The van der Waals surface area contributed by atoms with Gasteiger partial charge in [0.25, 0.3) is 0 Å². The van der Waals surface area contributed by atoms with Gasteiger partial charge in [-0.05, 0) is 43.5 Å².